The number of aromatic nitrogens is 2. The molecule has 2 aromatic carbocycles. The molecule has 186 valence electrons. The monoisotopic (exact) mass is 474 g/mol. The van der Waals surface area contributed by atoms with Crippen LogP contribution in [0, 0.1) is 19.8 Å². The molecule has 35 heavy (non-hydrogen) atoms. The van der Waals surface area contributed by atoms with Crippen molar-refractivity contribution in [1.82, 2.24) is 20.4 Å². The number of likely N-dealkylation sites (tertiary alicyclic amines) is 1. The summed E-state index contributed by atoms with van der Waals surface area (Å²) >= 11 is 0. The molecule has 3 aromatic rings. The van der Waals surface area contributed by atoms with Crippen LogP contribution in [0.3, 0.4) is 0 Å². The van der Waals surface area contributed by atoms with Crippen molar-refractivity contribution < 1.29 is 9.32 Å². The first-order valence-electron chi connectivity index (χ1n) is 12.6. The smallest absolute Gasteiger partial charge is 0.241 e. The van der Waals surface area contributed by atoms with Gasteiger partial charge in [0.1, 0.15) is 0 Å². The molecule has 1 saturated heterocycles. The zero-order valence-electron chi connectivity index (χ0n) is 21.9. The van der Waals surface area contributed by atoms with E-state index in [4.69, 9.17) is 4.52 Å². The van der Waals surface area contributed by atoms with Gasteiger partial charge in [0, 0.05) is 12.1 Å². The van der Waals surface area contributed by atoms with Gasteiger partial charge in [-0.15, -0.1) is 0 Å². The fourth-order valence-electron chi connectivity index (χ4n) is 4.88. The summed E-state index contributed by atoms with van der Waals surface area (Å²) in [5.74, 6) is 1.27. The Kier molecular flexibility index (Phi) is 7.41. The molecule has 6 nitrogen and oxygen atoms in total. The predicted molar refractivity (Wildman–Crippen MR) is 139 cm³/mol. The van der Waals surface area contributed by atoms with E-state index in [1.807, 2.05) is 12.1 Å². The fraction of sp³-hybridized carbons (Fsp3) is 0.483. The van der Waals surface area contributed by atoms with Crippen molar-refractivity contribution in [2.75, 3.05) is 13.1 Å². The lowest BCUT2D eigenvalue weighted by Crippen LogP contribution is -2.43. The number of benzene rings is 2. The molecule has 6 heteroatoms. The van der Waals surface area contributed by atoms with Crippen molar-refractivity contribution in [3.8, 4) is 11.4 Å². The van der Waals surface area contributed by atoms with Crippen molar-refractivity contribution in [1.29, 1.82) is 0 Å². The van der Waals surface area contributed by atoms with Crippen molar-refractivity contribution in [3.05, 3.63) is 70.6 Å². The summed E-state index contributed by atoms with van der Waals surface area (Å²) in [6, 6.07) is 14.7. The number of piperidine rings is 1. The Bertz CT molecular complexity index is 1160. The molecular formula is C29H38N4O2. The third-order valence-electron chi connectivity index (χ3n) is 6.96. The Morgan fingerprint density at radius 2 is 1.91 bits per heavy atom. The number of carbonyl (C=O) groups is 1. The molecule has 0 bridgehead atoms. The number of rotatable bonds is 6. The van der Waals surface area contributed by atoms with Crippen molar-refractivity contribution in [2.45, 2.75) is 72.4 Å². The van der Waals surface area contributed by atoms with E-state index in [1.54, 1.807) is 0 Å². The number of hydrogen-bond donors (Lipinski definition) is 1. The molecule has 1 aliphatic rings. The summed E-state index contributed by atoms with van der Waals surface area (Å²) < 4.78 is 5.56. The Hall–Kier alpha value is -2.99. The quantitative estimate of drug-likeness (QED) is 0.493. The lowest BCUT2D eigenvalue weighted by molar-refractivity contribution is -0.127. The molecule has 2 unspecified atom stereocenters. The van der Waals surface area contributed by atoms with Crippen LogP contribution in [0.15, 0.2) is 47.0 Å². The highest BCUT2D eigenvalue weighted by atomic mass is 16.5. The lowest BCUT2D eigenvalue weighted by Gasteiger charge is -2.31. The van der Waals surface area contributed by atoms with Crippen molar-refractivity contribution in [2.24, 2.45) is 5.92 Å². The first-order valence-corrected chi connectivity index (χ1v) is 12.6. The molecule has 0 saturated carbocycles. The largest absolute Gasteiger partial charge is 0.349 e. The minimum absolute atomic E-state index is 0.0124. The first kappa shape index (κ1) is 25.1. The maximum absolute atomic E-state index is 13.1. The van der Waals surface area contributed by atoms with Gasteiger partial charge in [-0.1, -0.05) is 74.0 Å². The Morgan fingerprint density at radius 3 is 2.60 bits per heavy atom. The molecule has 2 atom stereocenters. The number of carbonyl (C=O) groups excluding carboxylic acids is 1. The van der Waals surface area contributed by atoms with E-state index < -0.39 is 0 Å². The van der Waals surface area contributed by atoms with E-state index in [0.29, 0.717) is 24.8 Å². The third-order valence-corrected chi connectivity index (χ3v) is 6.96. The molecule has 1 fully saturated rings. The average molecular weight is 475 g/mol. The second-order valence-electron chi connectivity index (χ2n) is 11.0. The van der Waals surface area contributed by atoms with Crippen LogP contribution in [0.2, 0.25) is 0 Å². The minimum atomic E-state index is -0.0377. The second kappa shape index (κ2) is 10.3. The fourth-order valence-corrected chi connectivity index (χ4v) is 4.88. The molecule has 0 spiro atoms. The maximum Gasteiger partial charge on any atom is 0.241 e. The second-order valence-corrected chi connectivity index (χ2v) is 11.0. The minimum Gasteiger partial charge on any atom is -0.349 e. The SMILES string of the molecule is Cc1ccc(C(C)NC(=O)C2CCCN(Cc3nc(-c4ccc(C(C)(C)C)cc4)no3)C2)c(C)c1. The van der Waals surface area contributed by atoms with Gasteiger partial charge in [0.25, 0.3) is 0 Å². The van der Waals surface area contributed by atoms with Gasteiger partial charge in [-0.2, -0.15) is 4.98 Å². The van der Waals surface area contributed by atoms with Crippen LogP contribution in [0.25, 0.3) is 11.4 Å². The zero-order valence-corrected chi connectivity index (χ0v) is 21.9. The topological polar surface area (TPSA) is 71.3 Å². The van der Waals surface area contributed by atoms with E-state index >= 15 is 0 Å². The van der Waals surface area contributed by atoms with Crippen LogP contribution in [0.4, 0.5) is 0 Å². The van der Waals surface area contributed by atoms with Crippen LogP contribution < -0.4 is 5.32 Å². The molecule has 1 aromatic heterocycles. The van der Waals surface area contributed by atoms with Gasteiger partial charge in [-0.05, 0) is 62.3 Å². The summed E-state index contributed by atoms with van der Waals surface area (Å²) in [5, 5.41) is 7.43. The lowest BCUT2D eigenvalue weighted by atomic mass is 9.87. The standard InChI is InChI=1S/C29H38N4O2/c1-19-9-14-25(20(2)16-19)21(3)30-28(34)23-8-7-15-33(17-23)18-26-31-27(32-35-26)22-10-12-24(13-11-22)29(4,5)6/h9-14,16,21,23H,7-8,15,17-18H2,1-6H3,(H,30,34). The molecule has 2 heterocycles. The van der Waals surface area contributed by atoms with E-state index in [9.17, 15) is 4.79 Å². The van der Waals surface area contributed by atoms with Crippen LogP contribution in [-0.2, 0) is 16.8 Å². The van der Waals surface area contributed by atoms with Crippen LogP contribution in [-0.4, -0.2) is 34.0 Å². The molecule has 0 aliphatic carbocycles. The highest BCUT2D eigenvalue weighted by molar-refractivity contribution is 5.79. The molecule has 1 aliphatic heterocycles. The van der Waals surface area contributed by atoms with Gasteiger partial charge >= 0.3 is 0 Å². The Labute approximate surface area is 209 Å². The first-order chi connectivity index (χ1) is 16.6. The van der Waals surface area contributed by atoms with Gasteiger partial charge < -0.3 is 9.84 Å². The van der Waals surface area contributed by atoms with E-state index in [1.165, 1.54) is 22.3 Å². The summed E-state index contributed by atoms with van der Waals surface area (Å²) in [6.45, 7) is 15.0. The van der Waals surface area contributed by atoms with E-state index in [-0.39, 0.29) is 23.3 Å². The highest BCUT2D eigenvalue weighted by Crippen LogP contribution is 2.26. The van der Waals surface area contributed by atoms with Gasteiger partial charge in [0.2, 0.25) is 17.6 Å². The van der Waals surface area contributed by atoms with Crippen LogP contribution in [0.5, 0.6) is 0 Å². The van der Waals surface area contributed by atoms with E-state index in [2.05, 4.69) is 92.2 Å². The number of nitrogens with zero attached hydrogens (tertiary/aromatic N) is 3. The predicted octanol–water partition coefficient (Wildman–Crippen LogP) is 5.74. The number of aryl methyl sites for hydroxylation is 2. The molecule has 1 N–H and O–H groups in total. The van der Waals surface area contributed by atoms with Crippen molar-refractivity contribution in [3.63, 3.8) is 0 Å². The molecule has 0 radical (unpaired) electrons. The van der Waals surface area contributed by atoms with Gasteiger partial charge in [0.05, 0.1) is 18.5 Å². The summed E-state index contributed by atoms with van der Waals surface area (Å²) in [5.41, 5.74) is 5.95. The van der Waals surface area contributed by atoms with Crippen LogP contribution >= 0.6 is 0 Å². The summed E-state index contributed by atoms with van der Waals surface area (Å²) in [4.78, 5) is 19.9. The molecule has 1 amide bonds. The summed E-state index contributed by atoms with van der Waals surface area (Å²) in [7, 11) is 0. The highest BCUT2D eigenvalue weighted by Gasteiger charge is 2.28. The average Bonchev–Trinajstić information content (AvgIpc) is 3.27. The maximum atomic E-state index is 13.1. The number of amides is 1. The van der Waals surface area contributed by atoms with Gasteiger partial charge in [0.15, 0.2) is 0 Å². The van der Waals surface area contributed by atoms with Gasteiger partial charge in [-0.3, -0.25) is 9.69 Å². The van der Waals surface area contributed by atoms with E-state index in [0.717, 1.165) is 24.9 Å². The normalized spacial score (nSPS) is 17.8. The summed E-state index contributed by atoms with van der Waals surface area (Å²) in [6.07, 6.45) is 1.88. The number of hydrogen-bond acceptors (Lipinski definition) is 5. The molecular weight excluding hydrogens is 436 g/mol. The van der Waals surface area contributed by atoms with Crippen molar-refractivity contribution >= 4 is 5.91 Å². The van der Waals surface area contributed by atoms with Gasteiger partial charge in [-0.25, -0.2) is 0 Å². The Balaban J connectivity index is 1.35. The third kappa shape index (κ3) is 6.17. The molecule has 4 rings (SSSR count). The zero-order chi connectivity index (χ0) is 25.2. The number of nitrogens with one attached hydrogen (secondary N) is 1. The van der Waals surface area contributed by atoms with Crippen LogP contribution in [0.1, 0.15) is 74.7 Å². The Morgan fingerprint density at radius 1 is 1.17 bits per heavy atom.